The molecule has 1 saturated carbocycles. The van der Waals surface area contributed by atoms with Crippen molar-refractivity contribution in [3.05, 3.63) is 17.3 Å². The molecule has 1 aliphatic carbocycles. The summed E-state index contributed by atoms with van der Waals surface area (Å²) in [6.07, 6.45) is 6.82. The quantitative estimate of drug-likeness (QED) is 0.855. The summed E-state index contributed by atoms with van der Waals surface area (Å²) in [6, 6.07) is 0.711. The SMILES string of the molecule is OCCC1CCN(c2nc3sccn3c2CNC2CC2)C1. The van der Waals surface area contributed by atoms with Crippen LogP contribution in [0, 0.1) is 5.92 Å². The van der Waals surface area contributed by atoms with Gasteiger partial charge in [-0.05, 0) is 31.6 Å². The number of aliphatic hydroxyl groups is 1. The molecule has 0 amide bonds. The smallest absolute Gasteiger partial charge is 0.195 e. The van der Waals surface area contributed by atoms with Gasteiger partial charge in [-0.2, -0.15) is 0 Å². The Morgan fingerprint density at radius 1 is 1.38 bits per heavy atom. The molecule has 6 heteroatoms. The highest BCUT2D eigenvalue weighted by atomic mass is 32.1. The fourth-order valence-corrected chi connectivity index (χ4v) is 3.94. The molecule has 21 heavy (non-hydrogen) atoms. The average molecular weight is 306 g/mol. The van der Waals surface area contributed by atoms with Gasteiger partial charge in [0.15, 0.2) is 10.8 Å². The lowest BCUT2D eigenvalue weighted by atomic mass is 10.1. The topological polar surface area (TPSA) is 52.8 Å². The fraction of sp³-hybridized carbons (Fsp3) is 0.667. The van der Waals surface area contributed by atoms with E-state index in [1.807, 2.05) is 0 Å². The van der Waals surface area contributed by atoms with Gasteiger partial charge in [0, 0.05) is 43.9 Å². The number of anilines is 1. The number of nitrogens with zero attached hydrogens (tertiary/aromatic N) is 3. The Bertz CT molecular complexity index is 618. The number of aliphatic hydroxyl groups excluding tert-OH is 1. The predicted molar refractivity (Wildman–Crippen MR) is 85.0 cm³/mol. The van der Waals surface area contributed by atoms with E-state index in [9.17, 15) is 0 Å². The van der Waals surface area contributed by atoms with Gasteiger partial charge in [-0.15, -0.1) is 11.3 Å². The Morgan fingerprint density at radius 3 is 3.10 bits per heavy atom. The minimum atomic E-state index is 0.298. The van der Waals surface area contributed by atoms with E-state index in [0.717, 1.165) is 36.8 Å². The number of rotatable bonds is 6. The second kappa shape index (κ2) is 5.59. The normalized spacial score (nSPS) is 22.5. The van der Waals surface area contributed by atoms with Gasteiger partial charge in [-0.25, -0.2) is 4.98 Å². The Kier molecular flexibility index (Phi) is 3.61. The maximum absolute atomic E-state index is 9.13. The molecule has 3 heterocycles. The summed E-state index contributed by atoms with van der Waals surface area (Å²) in [5.74, 6) is 1.76. The van der Waals surface area contributed by atoms with Crippen LogP contribution in [0.4, 0.5) is 5.82 Å². The molecule has 0 aromatic carbocycles. The standard InChI is InChI=1S/C15H22N4OS/c20-7-4-11-3-5-18(10-11)14-13(9-16-12-1-2-12)19-6-8-21-15(19)17-14/h6,8,11-12,16,20H,1-5,7,9-10H2. The highest BCUT2D eigenvalue weighted by Crippen LogP contribution is 2.30. The zero-order valence-electron chi connectivity index (χ0n) is 12.2. The number of aromatic nitrogens is 2. The van der Waals surface area contributed by atoms with Crippen molar-refractivity contribution in [3.63, 3.8) is 0 Å². The highest BCUT2D eigenvalue weighted by Gasteiger charge is 2.28. The summed E-state index contributed by atoms with van der Waals surface area (Å²) in [7, 11) is 0. The first-order valence-corrected chi connectivity index (χ1v) is 8.76. The van der Waals surface area contributed by atoms with E-state index in [0.29, 0.717) is 18.6 Å². The number of fused-ring (bicyclic) bond motifs is 1. The molecule has 1 unspecified atom stereocenters. The van der Waals surface area contributed by atoms with E-state index < -0.39 is 0 Å². The first-order valence-electron chi connectivity index (χ1n) is 7.89. The lowest BCUT2D eigenvalue weighted by Crippen LogP contribution is -2.24. The van der Waals surface area contributed by atoms with Crippen molar-refractivity contribution in [1.29, 1.82) is 0 Å². The Morgan fingerprint density at radius 2 is 2.29 bits per heavy atom. The van der Waals surface area contributed by atoms with Gasteiger partial charge >= 0.3 is 0 Å². The molecule has 4 rings (SSSR count). The minimum Gasteiger partial charge on any atom is -0.396 e. The van der Waals surface area contributed by atoms with Crippen molar-refractivity contribution in [3.8, 4) is 0 Å². The van der Waals surface area contributed by atoms with Crippen molar-refractivity contribution < 1.29 is 5.11 Å². The van der Waals surface area contributed by atoms with E-state index in [2.05, 4.69) is 26.2 Å². The van der Waals surface area contributed by atoms with Gasteiger partial charge in [-0.1, -0.05) is 0 Å². The molecule has 5 nitrogen and oxygen atoms in total. The highest BCUT2D eigenvalue weighted by molar-refractivity contribution is 7.15. The molecule has 2 aromatic rings. The molecule has 114 valence electrons. The molecule has 0 bridgehead atoms. The van der Waals surface area contributed by atoms with Crippen LogP contribution in [0.2, 0.25) is 0 Å². The zero-order valence-corrected chi connectivity index (χ0v) is 13.0. The van der Waals surface area contributed by atoms with Crippen LogP contribution in [0.25, 0.3) is 4.96 Å². The van der Waals surface area contributed by atoms with Crippen LogP contribution in [-0.4, -0.2) is 40.2 Å². The molecular weight excluding hydrogens is 284 g/mol. The predicted octanol–water partition coefficient (Wildman–Crippen LogP) is 1.86. The molecule has 2 fully saturated rings. The fourth-order valence-electron chi connectivity index (χ4n) is 3.21. The summed E-state index contributed by atoms with van der Waals surface area (Å²) in [5, 5.41) is 14.8. The van der Waals surface area contributed by atoms with E-state index >= 15 is 0 Å². The molecule has 1 aliphatic heterocycles. The van der Waals surface area contributed by atoms with Crippen LogP contribution in [-0.2, 0) is 6.54 Å². The maximum atomic E-state index is 9.13. The summed E-state index contributed by atoms with van der Waals surface area (Å²) in [6.45, 7) is 3.29. The van der Waals surface area contributed by atoms with Gasteiger partial charge < -0.3 is 15.3 Å². The summed E-state index contributed by atoms with van der Waals surface area (Å²) < 4.78 is 2.23. The van der Waals surface area contributed by atoms with Crippen LogP contribution in [0.1, 0.15) is 31.4 Å². The first-order chi connectivity index (χ1) is 10.3. The lowest BCUT2D eigenvalue weighted by Gasteiger charge is -2.18. The summed E-state index contributed by atoms with van der Waals surface area (Å²) in [5.41, 5.74) is 1.29. The zero-order chi connectivity index (χ0) is 14.2. The molecule has 1 atom stereocenters. The third-order valence-corrected chi connectivity index (χ3v) is 5.35. The van der Waals surface area contributed by atoms with Gasteiger partial charge in [0.2, 0.25) is 0 Å². The lowest BCUT2D eigenvalue weighted by molar-refractivity contribution is 0.263. The number of thiazole rings is 1. The number of hydrogen-bond donors (Lipinski definition) is 2. The van der Waals surface area contributed by atoms with Crippen LogP contribution in [0.15, 0.2) is 11.6 Å². The van der Waals surface area contributed by atoms with Crippen LogP contribution in [0.3, 0.4) is 0 Å². The van der Waals surface area contributed by atoms with Gasteiger partial charge in [0.05, 0.1) is 5.69 Å². The number of nitrogens with one attached hydrogen (secondary N) is 1. The third kappa shape index (κ3) is 2.67. The third-order valence-electron chi connectivity index (χ3n) is 4.60. The average Bonchev–Trinajstić information content (AvgIpc) is 2.87. The summed E-state index contributed by atoms with van der Waals surface area (Å²) >= 11 is 1.70. The molecule has 1 saturated heterocycles. The van der Waals surface area contributed by atoms with E-state index in [1.54, 1.807) is 11.3 Å². The first kappa shape index (κ1) is 13.5. The van der Waals surface area contributed by atoms with Crippen molar-refractivity contribution in [2.45, 2.75) is 38.3 Å². The van der Waals surface area contributed by atoms with Crippen molar-refractivity contribution in [2.24, 2.45) is 5.92 Å². The monoisotopic (exact) mass is 306 g/mol. The van der Waals surface area contributed by atoms with E-state index in [-0.39, 0.29) is 0 Å². The van der Waals surface area contributed by atoms with Gasteiger partial charge in [0.1, 0.15) is 0 Å². The number of hydrogen-bond acceptors (Lipinski definition) is 5. The van der Waals surface area contributed by atoms with Crippen molar-refractivity contribution in [1.82, 2.24) is 14.7 Å². The minimum absolute atomic E-state index is 0.298. The van der Waals surface area contributed by atoms with Crippen molar-refractivity contribution in [2.75, 3.05) is 24.6 Å². The second-order valence-corrected chi connectivity index (χ2v) is 7.08. The van der Waals surface area contributed by atoms with Crippen LogP contribution >= 0.6 is 11.3 Å². The molecule has 2 aromatic heterocycles. The molecular formula is C15H22N4OS. The largest absolute Gasteiger partial charge is 0.396 e. The Balaban J connectivity index is 1.57. The number of imidazole rings is 1. The maximum Gasteiger partial charge on any atom is 0.195 e. The van der Waals surface area contributed by atoms with Gasteiger partial charge in [-0.3, -0.25) is 4.40 Å². The molecule has 2 N–H and O–H groups in total. The Hall–Kier alpha value is -1.11. The molecule has 0 radical (unpaired) electrons. The van der Waals surface area contributed by atoms with E-state index in [1.165, 1.54) is 25.0 Å². The second-order valence-electron chi connectivity index (χ2n) is 6.21. The molecule has 0 spiro atoms. The summed E-state index contributed by atoms with van der Waals surface area (Å²) in [4.78, 5) is 8.35. The van der Waals surface area contributed by atoms with Crippen LogP contribution in [0.5, 0.6) is 0 Å². The Labute approximate surface area is 128 Å². The van der Waals surface area contributed by atoms with Gasteiger partial charge in [0.25, 0.3) is 0 Å². The van der Waals surface area contributed by atoms with Crippen molar-refractivity contribution >= 4 is 22.1 Å². The van der Waals surface area contributed by atoms with E-state index in [4.69, 9.17) is 10.1 Å². The van der Waals surface area contributed by atoms with Crippen LogP contribution < -0.4 is 10.2 Å². The molecule has 2 aliphatic rings.